The fraction of sp³-hybridized carbons (Fsp3) is 0.562. The van der Waals surface area contributed by atoms with E-state index in [4.69, 9.17) is 11.5 Å². The number of benzene rings is 2. The zero-order valence-corrected chi connectivity index (χ0v) is 41.0. The van der Waals surface area contributed by atoms with E-state index in [-0.39, 0.29) is 49.7 Å². The lowest BCUT2D eigenvalue weighted by Crippen LogP contribution is -2.63. The molecule has 0 aliphatic carbocycles. The molecular weight excluding hydrogens is 893 g/mol. The van der Waals surface area contributed by atoms with Crippen LogP contribution in [0.25, 0.3) is 0 Å². The molecule has 21 nitrogen and oxygen atoms in total. The zero-order chi connectivity index (χ0) is 52.1. The Morgan fingerprint density at radius 3 is 1.64 bits per heavy atom. The zero-order valence-electron chi connectivity index (χ0n) is 41.0. The first-order valence-electron chi connectivity index (χ1n) is 23.1. The van der Waals surface area contributed by atoms with Crippen LogP contribution in [-0.2, 0) is 56.0 Å². The Balaban J connectivity index is 2.21. The molecule has 0 radical (unpaired) electrons. The molecule has 0 aromatic heterocycles. The number of nitrogens with two attached hydrogens (primary N) is 2. The molecule has 0 saturated heterocycles. The van der Waals surface area contributed by atoms with Gasteiger partial charge in [-0.25, -0.2) is 4.79 Å². The van der Waals surface area contributed by atoms with Crippen molar-refractivity contribution in [3.05, 3.63) is 65.7 Å². The maximum atomic E-state index is 14.1. The second-order valence-electron chi connectivity index (χ2n) is 19.0. The fourth-order valence-electron chi connectivity index (χ4n) is 6.77. The van der Waals surface area contributed by atoms with E-state index < -0.39 is 108 Å². The molecule has 382 valence electrons. The minimum atomic E-state index is -1.64. The molecule has 0 fully saturated rings. The predicted molar refractivity (Wildman–Crippen MR) is 258 cm³/mol. The first-order valence-corrected chi connectivity index (χ1v) is 23.1. The summed E-state index contributed by atoms with van der Waals surface area (Å²) in [4.78, 5) is 119. The number of aromatic hydroxyl groups is 1. The normalized spacial score (nSPS) is 13.7. The summed E-state index contributed by atoms with van der Waals surface area (Å²) in [5, 5.41) is 39.7. The predicted octanol–water partition coefficient (Wildman–Crippen LogP) is -0.228. The molecule has 8 amide bonds. The summed E-state index contributed by atoms with van der Waals surface area (Å²) in [7, 11) is 0. The number of carboxylic acid groups (broad SMARTS) is 1. The number of phenols is 1. The van der Waals surface area contributed by atoms with Gasteiger partial charge in [0.2, 0.25) is 47.3 Å². The third-order valence-electron chi connectivity index (χ3n) is 10.8. The smallest absolute Gasteiger partial charge is 0.328 e. The van der Waals surface area contributed by atoms with Crippen LogP contribution in [0.4, 0.5) is 0 Å². The molecule has 0 bridgehead atoms. The number of unbranched alkanes of at least 4 members (excludes halogenated alkanes) is 1. The highest BCUT2D eigenvalue weighted by Gasteiger charge is 2.38. The van der Waals surface area contributed by atoms with Crippen molar-refractivity contribution in [2.24, 2.45) is 23.3 Å². The Morgan fingerprint density at radius 1 is 0.565 bits per heavy atom. The Bertz CT molecular complexity index is 2060. The minimum absolute atomic E-state index is 0.00434. The quantitative estimate of drug-likeness (QED) is 0.0470. The molecule has 2 aromatic carbocycles. The lowest BCUT2D eigenvalue weighted by atomic mass is 9.97. The summed E-state index contributed by atoms with van der Waals surface area (Å²) in [6.45, 7) is 12.0. The number of hydrogen-bond donors (Lipinski definition) is 12. The SMILES string of the molecule is CC(C)C[C@H](NC(=O)[C@H](Cc1ccccc1)NC(=O)CNC(=O)CNC(=O)[C@@H](N)Cc1ccc(O)cc1)C(=O)N[C@@H](CCCCN)C(=O)NC(C)(C)C(=O)N[C@@H](CC(C)C)C(=O)NC(C)(C)C(=O)O. The van der Waals surface area contributed by atoms with Gasteiger partial charge in [0.25, 0.3) is 0 Å². The summed E-state index contributed by atoms with van der Waals surface area (Å²) in [6.07, 6.45) is 1.43. The van der Waals surface area contributed by atoms with Crippen LogP contribution < -0.4 is 54.0 Å². The average Bonchev–Trinajstić information content (AvgIpc) is 3.26. The van der Waals surface area contributed by atoms with Gasteiger partial charge in [0.1, 0.15) is 41.0 Å². The number of amides is 8. The highest BCUT2D eigenvalue weighted by molar-refractivity contribution is 5.98. The van der Waals surface area contributed by atoms with Gasteiger partial charge < -0.3 is 64.2 Å². The molecule has 14 N–H and O–H groups in total. The van der Waals surface area contributed by atoms with Crippen molar-refractivity contribution in [1.29, 1.82) is 0 Å². The van der Waals surface area contributed by atoms with Crippen molar-refractivity contribution in [2.75, 3.05) is 19.6 Å². The number of nitrogens with one attached hydrogen (secondary N) is 8. The second-order valence-corrected chi connectivity index (χ2v) is 19.0. The van der Waals surface area contributed by atoms with E-state index in [1.54, 1.807) is 42.5 Å². The van der Waals surface area contributed by atoms with Gasteiger partial charge in [0.15, 0.2) is 0 Å². The molecule has 0 unspecified atom stereocenters. The molecule has 0 aliphatic rings. The van der Waals surface area contributed by atoms with Crippen LogP contribution in [0.15, 0.2) is 54.6 Å². The van der Waals surface area contributed by atoms with Crippen LogP contribution in [0.5, 0.6) is 5.75 Å². The Hall–Kier alpha value is -6.61. The van der Waals surface area contributed by atoms with E-state index in [2.05, 4.69) is 42.5 Å². The van der Waals surface area contributed by atoms with Crippen molar-refractivity contribution in [2.45, 2.75) is 142 Å². The highest BCUT2D eigenvalue weighted by atomic mass is 16.4. The summed E-state index contributed by atoms with van der Waals surface area (Å²) in [5.41, 5.74) is 9.80. The third kappa shape index (κ3) is 21.5. The van der Waals surface area contributed by atoms with E-state index in [9.17, 15) is 53.4 Å². The minimum Gasteiger partial charge on any atom is -0.508 e. The van der Waals surface area contributed by atoms with Crippen LogP contribution in [0.2, 0.25) is 0 Å². The van der Waals surface area contributed by atoms with Crippen molar-refractivity contribution in [1.82, 2.24) is 42.5 Å². The van der Waals surface area contributed by atoms with Crippen LogP contribution in [-0.4, -0.2) is 124 Å². The topological polar surface area (TPSA) is 342 Å². The number of carboxylic acids is 1. The summed E-state index contributed by atoms with van der Waals surface area (Å²) >= 11 is 0. The molecule has 2 aromatic rings. The van der Waals surface area contributed by atoms with Crippen LogP contribution in [0.1, 0.15) is 98.6 Å². The Morgan fingerprint density at radius 2 is 1.07 bits per heavy atom. The number of aliphatic carboxylic acids is 1. The molecule has 0 spiro atoms. The average molecular weight is 967 g/mol. The van der Waals surface area contributed by atoms with Gasteiger partial charge in [0, 0.05) is 6.42 Å². The van der Waals surface area contributed by atoms with Gasteiger partial charge >= 0.3 is 5.97 Å². The van der Waals surface area contributed by atoms with Gasteiger partial charge in [-0.2, -0.15) is 0 Å². The van der Waals surface area contributed by atoms with E-state index in [1.165, 1.54) is 39.8 Å². The first-order chi connectivity index (χ1) is 32.2. The van der Waals surface area contributed by atoms with Crippen LogP contribution >= 0.6 is 0 Å². The van der Waals surface area contributed by atoms with Crippen LogP contribution in [0, 0.1) is 11.8 Å². The molecular formula is C48H74N10O11. The standard InChI is InChI=1S/C48H74N10O11/c1-28(2)22-35(41(63)54-34(16-12-13-21-49)43(65)57-47(5,6)45(67)56-36(23-29(3)4)44(66)58-48(7,8)46(68)69)55-42(64)37(25-30-14-10-9-11-15-30)53-39(61)27-51-38(60)26-52-40(62)33(50)24-31-17-19-32(59)20-18-31/h9-11,14-15,17-20,28-29,33-37,59H,12-13,16,21-27,49-50H2,1-8H3,(H,51,60)(H,52,62)(H,53,61)(H,54,63)(H,55,64)(H,56,67)(H,57,65)(H,58,66)(H,68,69)/t33-,34-,35-,36-,37-/m0/s1. The second kappa shape index (κ2) is 28.0. The van der Waals surface area contributed by atoms with Crippen molar-refractivity contribution >= 4 is 53.2 Å². The number of carbonyl (C=O) groups excluding carboxylic acids is 8. The van der Waals surface area contributed by atoms with Crippen LogP contribution in [0.3, 0.4) is 0 Å². The summed E-state index contributed by atoms with van der Waals surface area (Å²) in [6, 6.07) is 9.10. The number of carbonyl (C=O) groups is 9. The fourth-order valence-corrected chi connectivity index (χ4v) is 6.77. The Kier molecular flexibility index (Phi) is 23.8. The molecule has 5 atom stereocenters. The van der Waals surface area contributed by atoms with E-state index >= 15 is 0 Å². The van der Waals surface area contributed by atoms with E-state index in [1.807, 2.05) is 27.7 Å². The lowest BCUT2D eigenvalue weighted by Gasteiger charge is -2.32. The van der Waals surface area contributed by atoms with E-state index in [0.29, 0.717) is 30.5 Å². The third-order valence-corrected chi connectivity index (χ3v) is 10.8. The van der Waals surface area contributed by atoms with Crippen molar-refractivity contribution < 1.29 is 53.4 Å². The molecule has 0 heterocycles. The molecule has 69 heavy (non-hydrogen) atoms. The largest absolute Gasteiger partial charge is 0.508 e. The molecule has 2 rings (SSSR count). The van der Waals surface area contributed by atoms with E-state index in [0.717, 1.165) is 0 Å². The maximum absolute atomic E-state index is 14.1. The van der Waals surface area contributed by atoms with Gasteiger partial charge in [0.05, 0.1) is 19.1 Å². The van der Waals surface area contributed by atoms with Gasteiger partial charge in [-0.15, -0.1) is 0 Å². The van der Waals surface area contributed by atoms with Gasteiger partial charge in [-0.3, -0.25) is 38.4 Å². The molecule has 0 aliphatic heterocycles. The number of phenolic OH excluding ortho intramolecular Hbond substituents is 1. The number of hydrogen-bond acceptors (Lipinski definition) is 12. The summed E-state index contributed by atoms with van der Waals surface area (Å²) < 4.78 is 0. The first kappa shape index (κ1) is 58.5. The number of rotatable bonds is 29. The Labute approximate surface area is 404 Å². The van der Waals surface area contributed by atoms with Gasteiger partial charge in [-0.05, 0) is 108 Å². The maximum Gasteiger partial charge on any atom is 0.328 e. The summed E-state index contributed by atoms with van der Waals surface area (Å²) in [5.74, 6) is -7.19. The molecule has 21 heteroatoms. The van der Waals surface area contributed by atoms with Crippen molar-refractivity contribution in [3.8, 4) is 5.75 Å². The monoisotopic (exact) mass is 967 g/mol. The lowest BCUT2D eigenvalue weighted by molar-refractivity contribution is -0.146. The van der Waals surface area contributed by atoms with Crippen molar-refractivity contribution in [3.63, 3.8) is 0 Å². The highest BCUT2D eigenvalue weighted by Crippen LogP contribution is 2.15. The van der Waals surface area contributed by atoms with Gasteiger partial charge in [-0.1, -0.05) is 70.2 Å². The molecule has 0 saturated carbocycles.